The number of benzene rings is 2. The maximum absolute atomic E-state index is 13.0. The molecule has 0 spiro atoms. The standard InChI is InChI=1S/C22H29N3O3S2/c1-28-20-11-9-18(10-12-20)13-14-23-22(29)24-19-7-6-8-21(17-19)30(26,27)25-15-4-2-3-5-16-25/h6-12,17H,2-5,13-16H2,1H3,(H2,23,24,29). The normalized spacial score (nSPS) is 15.2. The molecule has 0 aromatic heterocycles. The number of nitrogens with one attached hydrogen (secondary N) is 2. The van der Waals surface area contributed by atoms with Gasteiger partial charge in [-0.15, -0.1) is 0 Å². The van der Waals surface area contributed by atoms with Gasteiger partial charge in [-0.05, 0) is 67.4 Å². The third-order valence-corrected chi connectivity index (χ3v) is 7.29. The minimum absolute atomic E-state index is 0.301. The topological polar surface area (TPSA) is 70.7 Å². The number of nitrogens with zero attached hydrogens (tertiary/aromatic N) is 1. The lowest BCUT2D eigenvalue weighted by Crippen LogP contribution is -2.32. The lowest BCUT2D eigenvalue weighted by atomic mass is 10.1. The van der Waals surface area contributed by atoms with E-state index in [1.165, 1.54) is 5.56 Å². The molecule has 6 nitrogen and oxygen atoms in total. The highest BCUT2D eigenvalue weighted by atomic mass is 32.2. The number of sulfonamides is 1. The highest BCUT2D eigenvalue weighted by Crippen LogP contribution is 2.22. The molecule has 2 aromatic rings. The summed E-state index contributed by atoms with van der Waals surface area (Å²) in [7, 11) is -1.84. The summed E-state index contributed by atoms with van der Waals surface area (Å²) >= 11 is 5.37. The minimum Gasteiger partial charge on any atom is -0.497 e. The second-order valence-electron chi connectivity index (χ2n) is 7.33. The summed E-state index contributed by atoms with van der Waals surface area (Å²) in [6, 6.07) is 14.8. The molecule has 162 valence electrons. The molecule has 1 fully saturated rings. The lowest BCUT2D eigenvalue weighted by Gasteiger charge is -2.20. The molecule has 1 aliphatic rings. The van der Waals surface area contributed by atoms with Gasteiger partial charge in [0.2, 0.25) is 10.0 Å². The van der Waals surface area contributed by atoms with Crippen LogP contribution in [0.15, 0.2) is 53.4 Å². The van der Waals surface area contributed by atoms with E-state index < -0.39 is 10.0 Å². The molecule has 2 aromatic carbocycles. The molecule has 0 amide bonds. The van der Waals surface area contributed by atoms with Crippen LogP contribution in [-0.2, 0) is 16.4 Å². The van der Waals surface area contributed by atoms with Crippen LogP contribution in [0.3, 0.4) is 0 Å². The zero-order valence-corrected chi connectivity index (χ0v) is 18.9. The molecule has 30 heavy (non-hydrogen) atoms. The fraction of sp³-hybridized carbons (Fsp3) is 0.409. The molecule has 1 saturated heterocycles. The molecule has 0 saturated carbocycles. The molecule has 0 radical (unpaired) electrons. The van der Waals surface area contributed by atoms with Crippen molar-refractivity contribution in [2.45, 2.75) is 37.0 Å². The van der Waals surface area contributed by atoms with Gasteiger partial charge in [0.05, 0.1) is 12.0 Å². The van der Waals surface area contributed by atoms with Crippen LogP contribution in [-0.4, -0.2) is 44.6 Å². The van der Waals surface area contributed by atoms with E-state index in [-0.39, 0.29) is 0 Å². The Morgan fingerprint density at radius 2 is 1.77 bits per heavy atom. The van der Waals surface area contributed by atoms with Crippen LogP contribution in [0.1, 0.15) is 31.2 Å². The van der Waals surface area contributed by atoms with E-state index in [0.717, 1.165) is 37.9 Å². The fourth-order valence-corrected chi connectivity index (χ4v) is 5.24. The Balaban J connectivity index is 1.55. The predicted octanol–water partition coefficient (Wildman–Crippen LogP) is 3.79. The van der Waals surface area contributed by atoms with Gasteiger partial charge in [-0.25, -0.2) is 8.42 Å². The van der Waals surface area contributed by atoms with Gasteiger partial charge in [-0.3, -0.25) is 0 Å². The summed E-state index contributed by atoms with van der Waals surface area (Å²) in [6.07, 6.45) is 4.82. The van der Waals surface area contributed by atoms with Crippen molar-refractivity contribution in [1.82, 2.24) is 9.62 Å². The molecule has 2 N–H and O–H groups in total. The SMILES string of the molecule is COc1ccc(CCNC(=S)Nc2cccc(S(=O)(=O)N3CCCCCC3)c2)cc1. The van der Waals surface area contributed by atoms with E-state index in [1.807, 2.05) is 30.3 Å². The Hall–Kier alpha value is -2.16. The van der Waals surface area contributed by atoms with Crippen molar-refractivity contribution in [3.63, 3.8) is 0 Å². The molecular weight excluding hydrogens is 418 g/mol. The Morgan fingerprint density at radius 3 is 2.43 bits per heavy atom. The molecule has 1 heterocycles. The summed E-state index contributed by atoms with van der Waals surface area (Å²) in [6.45, 7) is 1.85. The third-order valence-electron chi connectivity index (χ3n) is 5.15. The van der Waals surface area contributed by atoms with Crippen molar-refractivity contribution in [1.29, 1.82) is 0 Å². The predicted molar refractivity (Wildman–Crippen MR) is 125 cm³/mol. The van der Waals surface area contributed by atoms with Crippen molar-refractivity contribution in [3.05, 3.63) is 54.1 Å². The van der Waals surface area contributed by atoms with Gasteiger partial charge in [-0.1, -0.05) is 31.0 Å². The van der Waals surface area contributed by atoms with E-state index in [2.05, 4.69) is 10.6 Å². The van der Waals surface area contributed by atoms with Crippen LogP contribution in [0.25, 0.3) is 0 Å². The Bertz CT molecular complexity index is 938. The number of anilines is 1. The number of thiocarbonyl (C=S) groups is 1. The number of methoxy groups -OCH3 is 1. The van der Waals surface area contributed by atoms with Crippen LogP contribution < -0.4 is 15.4 Å². The number of hydrogen-bond acceptors (Lipinski definition) is 4. The van der Waals surface area contributed by atoms with E-state index in [9.17, 15) is 8.42 Å². The monoisotopic (exact) mass is 447 g/mol. The second-order valence-corrected chi connectivity index (χ2v) is 9.67. The molecule has 0 atom stereocenters. The molecule has 0 aliphatic carbocycles. The van der Waals surface area contributed by atoms with Crippen molar-refractivity contribution in [3.8, 4) is 5.75 Å². The van der Waals surface area contributed by atoms with Gasteiger partial charge in [0, 0.05) is 25.3 Å². The molecule has 8 heteroatoms. The van der Waals surface area contributed by atoms with E-state index in [4.69, 9.17) is 17.0 Å². The molecular formula is C22H29N3O3S2. The maximum atomic E-state index is 13.0. The van der Waals surface area contributed by atoms with Crippen LogP contribution in [0.5, 0.6) is 5.75 Å². The Morgan fingerprint density at radius 1 is 1.07 bits per heavy atom. The van der Waals surface area contributed by atoms with Crippen molar-refractivity contribution < 1.29 is 13.2 Å². The molecule has 3 rings (SSSR count). The second kappa shape index (κ2) is 10.7. The van der Waals surface area contributed by atoms with Gasteiger partial charge >= 0.3 is 0 Å². The quantitative estimate of drug-likeness (QED) is 0.630. The number of ether oxygens (including phenoxy) is 1. The van der Waals surface area contributed by atoms with Crippen LogP contribution in [0.4, 0.5) is 5.69 Å². The zero-order chi connectivity index (χ0) is 21.4. The van der Waals surface area contributed by atoms with E-state index >= 15 is 0 Å². The summed E-state index contributed by atoms with van der Waals surface area (Å²) in [5.41, 5.74) is 1.84. The molecule has 1 aliphatic heterocycles. The molecule has 0 unspecified atom stereocenters. The average Bonchev–Trinajstić information content (AvgIpc) is 3.05. The van der Waals surface area contributed by atoms with Crippen molar-refractivity contribution >= 4 is 33.0 Å². The summed E-state index contributed by atoms with van der Waals surface area (Å²) in [4.78, 5) is 0.301. The first-order valence-corrected chi connectivity index (χ1v) is 12.1. The van der Waals surface area contributed by atoms with E-state index in [1.54, 1.807) is 29.6 Å². The largest absolute Gasteiger partial charge is 0.497 e. The minimum atomic E-state index is -3.48. The smallest absolute Gasteiger partial charge is 0.243 e. The van der Waals surface area contributed by atoms with Crippen LogP contribution in [0.2, 0.25) is 0 Å². The third kappa shape index (κ3) is 6.17. The summed E-state index contributed by atoms with van der Waals surface area (Å²) in [5.74, 6) is 0.832. The van der Waals surface area contributed by atoms with Gasteiger partial charge in [-0.2, -0.15) is 4.31 Å². The number of rotatable bonds is 7. The molecule has 0 bridgehead atoms. The van der Waals surface area contributed by atoms with Gasteiger partial charge < -0.3 is 15.4 Å². The maximum Gasteiger partial charge on any atom is 0.243 e. The zero-order valence-electron chi connectivity index (χ0n) is 17.3. The van der Waals surface area contributed by atoms with Crippen molar-refractivity contribution in [2.24, 2.45) is 0 Å². The van der Waals surface area contributed by atoms with Crippen molar-refractivity contribution in [2.75, 3.05) is 32.1 Å². The first kappa shape index (κ1) is 22.5. The van der Waals surface area contributed by atoms with Gasteiger partial charge in [0.25, 0.3) is 0 Å². The Kier molecular flexibility index (Phi) is 8.07. The summed E-state index contributed by atoms with van der Waals surface area (Å²) < 4.78 is 32.8. The average molecular weight is 448 g/mol. The van der Waals surface area contributed by atoms with E-state index in [0.29, 0.717) is 35.3 Å². The fourth-order valence-electron chi connectivity index (χ4n) is 3.45. The highest BCUT2D eigenvalue weighted by Gasteiger charge is 2.25. The van der Waals surface area contributed by atoms with Gasteiger partial charge in [0.1, 0.15) is 5.75 Å². The van der Waals surface area contributed by atoms with Crippen LogP contribution >= 0.6 is 12.2 Å². The lowest BCUT2D eigenvalue weighted by molar-refractivity contribution is 0.414. The first-order valence-electron chi connectivity index (χ1n) is 10.3. The number of hydrogen-bond donors (Lipinski definition) is 2. The Labute approximate surface area is 184 Å². The first-order chi connectivity index (χ1) is 14.5. The summed E-state index contributed by atoms with van der Waals surface area (Å²) in [5, 5.41) is 6.72. The highest BCUT2D eigenvalue weighted by molar-refractivity contribution is 7.89. The van der Waals surface area contributed by atoms with Crippen LogP contribution in [0, 0.1) is 0 Å². The van der Waals surface area contributed by atoms with Gasteiger partial charge in [0.15, 0.2) is 5.11 Å².